The molecule has 4 N–H and O–H groups in total. The first-order valence-electron chi connectivity index (χ1n) is 5.49. The second kappa shape index (κ2) is 3.69. The van der Waals surface area contributed by atoms with E-state index in [0.29, 0.717) is 17.6 Å². The van der Waals surface area contributed by atoms with Crippen LogP contribution in [-0.2, 0) is 0 Å². The van der Waals surface area contributed by atoms with Gasteiger partial charge in [-0.15, -0.1) is 0 Å². The van der Waals surface area contributed by atoms with Crippen molar-refractivity contribution in [2.75, 3.05) is 11.5 Å². The first-order valence-corrected chi connectivity index (χ1v) is 5.49. The van der Waals surface area contributed by atoms with E-state index in [1.54, 1.807) is 0 Å². The lowest BCUT2D eigenvalue weighted by atomic mass is 10.3. The second-order valence-corrected chi connectivity index (χ2v) is 4.00. The number of hydrogen-bond acceptors (Lipinski definition) is 5. The maximum atomic E-state index is 5.69. The van der Waals surface area contributed by atoms with Gasteiger partial charge in [0.1, 0.15) is 17.5 Å². The third-order valence-corrected chi connectivity index (χ3v) is 2.68. The topological polar surface area (TPSA) is 95.6 Å². The van der Waals surface area contributed by atoms with E-state index < -0.39 is 0 Å². The van der Waals surface area contributed by atoms with Crippen LogP contribution in [0.2, 0.25) is 0 Å². The van der Waals surface area contributed by atoms with Gasteiger partial charge in [-0.05, 0) is 19.1 Å². The molecule has 0 bridgehead atoms. The highest BCUT2D eigenvalue weighted by Gasteiger charge is 2.11. The summed E-state index contributed by atoms with van der Waals surface area (Å²) in [7, 11) is 0. The van der Waals surface area contributed by atoms with Gasteiger partial charge in [0.15, 0.2) is 0 Å². The van der Waals surface area contributed by atoms with Crippen molar-refractivity contribution in [1.82, 2.24) is 19.5 Å². The maximum absolute atomic E-state index is 5.69. The zero-order valence-electron chi connectivity index (χ0n) is 9.83. The van der Waals surface area contributed by atoms with Gasteiger partial charge in [-0.1, -0.05) is 12.1 Å². The van der Waals surface area contributed by atoms with Gasteiger partial charge >= 0.3 is 0 Å². The first kappa shape index (κ1) is 10.5. The number of aromatic nitrogens is 4. The van der Waals surface area contributed by atoms with E-state index in [0.717, 1.165) is 16.9 Å². The molecule has 3 aromatic rings. The van der Waals surface area contributed by atoms with E-state index in [1.165, 1.54) is 6.07 Å². The molecule has 0 saturated carbocycles. The van der Waals surface area contributed by atoms with Crippen molar-refractivity contribution < 1.29 is 0 Å². The summed E-state index contributed by atoms with van der Waals surface area (Å²) in [5.41, 5.74) is 13.2. The number of rotatable bonds is 1. The third kappa shape index (κ3) is 1.55. The Bertz CT molecular complexity index is 710. The van der Waals surface area contributed by atoms with Crippen LogP contribution in [0.1, 0.15) is 5.82 Å². The maximum Gasteiger partial charge on any atom is 0.239 e. The molecule has 1 aromatic carbocycles. The Morgan fingerprint density at radius 1 is 1.00 bits per heavy atom. The molecule has 2 aromatic heterocycles. The van der Waals surface area contributed by atoms with Crippen LogP contribution in [0.3, 0.4) is 0 Å². The van der Waals surface area contributed by atoms with Crippen LogP contribution in [0.4, 0.5) is 11.6 Å². The Labute approximate surface area is 103 Å². The number of benzene rings is 1. The summed E-state index contributed by atoms with van der Waals surface area (Å²) in [6, 6.07) is 9.30. The van der Waals surface area contributed by atoms with Crippen LogP contribution >= 0.6 is 0 Å². The number of nitrogen functional groups attached to an aromatic ring is 2. The number of nitrogens with zero attached hydrogens (tertiary/aromatic N) is 4. The van der Waals surface area contributed by atoms with Crippen molar-refractivity contribution >= 4 is 22.7 Å². The molecule has 3 rings (SSSR count). The minimum atomic E-state index is 0.342. The predicted molar refractivity (Wildman–Crippen MR) is 70.2 cm³/mol. The fourth-order valence-electron chi connectivity index (χ4n) is 1.97. The molecule has 90 valence electrons. The number of aryl methyl sites for hydroxylation is 1. The van der Waals surface area contributed by atoms with Gasteiger partial charge in [0.2, 0.25) is 5.95 Å². The van der Waals surface area contributed by atoms with Gasteiger partial charge in [-0.25, -0.2) is 4.98 Å². The van der Waals surface area contributed by atoms with Gasteiger partial charge in [-0.2, -0.15) is 9.97 Å². The van der Waals surface area contributed by atoms with Crippen molar-refractivity contribution in [2.45, 2.75) is 6.92 Å². The van der Waals surface area contributed by atoms with Crippen LogP contribution in [0.15, 0.2) is 30.3 Å². The Morgan fingerprint density at radius 2 is 1.67 bits per heavy atom. The summed E-state index contributed by atoms with van der Waals surface area (Å²) in [5, 5.41) is 0. The van der Waals surface area contributed by atoms with Gasteiger partial charge < -0.3 is 11.5 Å². The van der Waals surface area contributed by atoms with Crippen molar-refractivity contribution in [2.24, 2.45) is 0 Å². The molecule has 2 heterocycles. The minimum Gasteiger partial charge on any atom is -0.383 e. The normalized spacial score (nSPS) is 10.9. The summed E-state index contributed by atoms with van der Waals surface area (Å²) in [4.78, 5) is 12.8. The predicted octanol–water partition coefficient (Wildman–Crippen LogP) is 1.29. The zero-order valence-corrected chi connectivity index (χ0v) is 9.83. The van der Waals surface area contributed by atoms with E-state index >= 15 is 0 Å². The van der Waals surface area contributed by atoms with E-state index in [-0.39, 0.29) is 0 Å². The van der Waals surface area contributed by atoms with Crippen LogP contribution < -0.4 is 11.5 Å². The molecule has 0 radical (unpaired) electrons. The lowest BCUT2D eigenvalue weighted by molar-refractivity contribution is 0.911. The Hall–Kier alpha value is -2.63. The van der Waals surface area contributed by atoms with E-state index in [1.807, 2.05) is 35.8 Å². The molecule has 0 aliphatic rings. The van der Waals surface area contributed by atoms with Crippen LogP contribution in [0.5, 0.6) is 0 Å². The van der Waals surface area contributed by atoms with Crippen molar-refractivity contribution in [3.05, 3.63) is 36.2 Å². The second-order valence-electron chi connectivity index (χ2n) is 4.00. The molecule has 0 spiro atoms. The highest BCUT2D eigenvalue weighted by molar-refractivity contribution is 5.77. The first-order chi connectivity index (χ1) is 8.65. The molecule has 6 nitrogen and oxygen atoms in total. The summed E-state index contributed by atoms with van der Waals surface area (Å²) < 4.78 is 1.84. The SMILES string of the molecule is Cc1nc2ccccc2n1-c1nc(N)cc(N)n1. The Kier molecular flexibility index (Phi) is 2.16. The molecular weight excluding hydrogens is 228 g/mol. The molecule has 0 atom stereocenters. The monoisotopic (exact) mass is 240 g/mol. The fraction of sp³-hybridized carbons (Fsp3) is 0.0833. The lowest BCUT2D eigenvalue weighted by Gasteiger charge is -2.06. The van der Waals surface area contributed by atoms with Gasteiger partial charge in [0, 0.05) is 6.07 Å². The summed E-state index contributed by atoms with van der Waals surface area (Å²) in [6.07, 6.45) is 0. The molecule has 0 saturated heterocycles. The van der Waals surface area contributed by atoms with Crippen LogP contribution in [-0.4, -0.2) is 19.5 Å². The van der Waals surface area contributed by atoms with Gasteiger partial charge in [-0.3, -0.25) is 4.57 Å². The third-order valence-electron chi connectivity index (χ3n) is 2.68. The Morgan fingerprint density at radius 3 is 2.39 bits per heavy atom. The molecule has 0 unspecified atom stereocenters. The van der Waals surface area contributed by atoms with Crippen molar-refractivity contribution in [1.29, 1.82) is 0 Å². The minimum absolute atomic E-state index is 0.342. The Balaban J connectivity index is 2.34. The molecule has 0 amide bonds. The van der Waals surface area contributed by atoms with Crippen LogP contribution in [0, 0.1) is 6.92 Å². The number of imidazole rings is 1. The van der Waals surface area contributed by atoms with Gasteiger partial charge in [0.25, 0.3) is 0 Å². The van der Waals surface area contributed by atoms with E-state index in [2.05, 4.69) is 15.0 Å². The average Bonchev–Trinajstić information content (AvgIpc) is 2.63. The largest absolute Gasteiger partial charge is 0.383 e. The lowest BCUT2D eigenvalue weighted by Crippen LogP contribution is -2.07. The van der Waals surface area contributed by atoms with Crippen LogP contribution in [0.25, 0.3) is 17.0 Å². The smallest absolute Gasteiger partial charge is 0.239 e. The molecule has 0 aliphatic heterocycles. The fourth-order valence-corrected chi connectivity index (χ4v) is 1.97. The number of anilines is 2. The van der Waals surface area contributed by atoms with E-state index in [9.17, 15) is 0 Å². The zero-order chi connectivity index (χ0) is 12.7. The number of hydrogen-bond donors (Lipinski definition) is 2. The summed E-state index contributed by atoms with van der Waals surface area (Å²) in [5.74, 6) is 1.92. The average molecular weight is 240 g/mol. The van der Waals surface area contributed by atoms with E-state index in [4.69, 9.17) is 11.5 Å². The molecule has 0 aliphatic carbocycles. The number of nitrogens with two attached hydrogens (primary N) is 2. The molecular formula is C12H12N6. The highest BCUT2D eigenvalue weighted by atomic mass is 15.2. The van der Waals surface area contributed by atoms with Crippen molar-refractivity contribution in [3.8, 4) is 5.95 Å². The molecule has 18 heavy (non-hydrogen) atoms. The van der Waals surface area contributed by atoms with Crippen molar-refractivity contribution in [3.63, 3.8) is 0 Å². The van der Waals surface area contributed by atoms with Gasteiger partial charge in [0.05, 0.1) is 11.0 Å². The highest BCUT2D eigenvalue weighted by Crippen LogP contribution is 2.19. The molecule has 0 fully saturated rings. The quantitative estimate of drug-likeness (QED) is 0.668. The number of fused-ring (bicyclic) bond motifs is 1. The number of para-hydroxylation sites is 2. The standard InChI is InChI=1S/C12H12N6/c1-7-15-8-4-2-3-5-9(8)18(7)12-16-10(13)6-11(14)17-12/h2-6H,1H3,(H4,13,14,16,17). The summed E-state index contributed by atoms with van der Waals surface area (Å²) >= 11 is 0. The molecule has 6 heteroatoms. The summed E-state index contributed by atoms with van der Waals surface area (Å²) in [6.45, 7) is 1.89.